The Morgan fingerprint density at radius 2 is 1.82 bits per heavy atom. The first-order chi connectivity index (χ1) is 15.9. The molecule has 0 atom stereocenters. The first-order valence-corrected chi connectivity index (χ1v) is 11.1. The zero-order chi connectivity index (χ0) is 23.8. The van der Waals surface area contributed by atoms with Crippen LogP contribution in [0, 0.1) is 11.3 Å². The molecule has 3 aromatic rings. The van der Waals surface area contributed by atoms with Crippen LogP contribution in [-0.2, 0) is 11.4 Å². The zero-order valence-corrected chi connectivity index (χ0v) is 19.8. The largest absolute Gasteiger partial charge is 0.490 e. The first kappa shape index (κ1) is 24.5. The van der Waals surface area contributed by atoms with Crippen LogP contribution in [0.15, 0.2) is 66.2 Å². The molecule has 3 rings (SSSR count). The Hall–Kier alpha value is -3.17. The maximum Gasteiger partial charge on any atom is 0.266 e. The second kappa shape index (κ2) is 11.6. The number of anilines is 1. The molecule has 3 aromatic carbocycles. The Bertz CT molecular complexity index is 1240. The molecule has 0 aliphatic heterocycles. The van der Waals surface area contributed by atoms with Crippen molar-refractivity contribution in [3.05, 3.63) is 92.4 Å². The van der Waals surface area contributed by atoms with Gasteiger partial charge in [-0.1, -0.05) is 59.1 Å². The number of hydrogen-bond donors (Lipinski definition) is 1. The smallest absolute Gasteiger partial charge is 0.266 e. The van der Waals surface area contributed by atoms with Crippen LogP contribution in [0.4, 0.5) is 5.69 Å². The maximum absolute atomic E-state index is 12.6. The summed E-state index contributed by atoms with van der Waals surface area (Å²) in [6, 6.07) is 19.2. The lowest BCUT2D eigenvalue weighted by Crippen LogP contribution is -2.13. The minimum atomic E-state index is -0.596. The van der Waals surface area contributed by atoms with Gasteiger partial charge in [0, 0.05) is 5.02 Å². The minimum Gasteiger partial charge on any atom is -0.490 e. The monoisotopic (exact) mass is 500 g/mol. The van der Waals surface area contributed by atoms with Crippen LogP contribution in [-0.4, -0.2) is 12.5 Å². The van der Waals surface area contributed by atoms with Gasteiger partial charge < -0.3 is 14.8 Å². The van der Waals surface area contributed by atoms with Gasteiger partial charge in [0.2, 0.25) is 0 Å². The van der Waals surface area contributed by atoms with E-state index in [0.29, 0.717) is 39.4 Å². The van der Waals surface area contributed by atoms with Crippen molar-refractivity contribution >= 4 is 52.5 Å². The molecule has 0 radical (unpaired) electrons. The number of halogens is 3. The van der Waals surface area contributed by atoms with E-state index in [-0.39, 0.29) is 17.2 Å². The van der Waals surface area contributed by atoms with E-state index < -0.39 is 5.91 Å². The summed E-state index contributed by atoms with van der Waals surface area (Å²) in [4.78, 5) is 12.6. The van der Waals surface area contributed by atoms with Gasteiger partial charge in [-0.15, -0.1) is 0 Å². The molecule has 0 aliphatic carbocycles. The van der Waals surface area contributed by atoms with E-state index in [4.69, 9.17) is 44.3 Å². The number of carbonyl (C=O) groups is 1. The van der Waals surface area contributed by atoms with E-state index in [1.807, 2.05) is 25.1 Å². The standard InChI is InChI=1S/C25H19Cl3N2O3/c1-2-32-23-13-17(10-18(14-29)25(31)30-22-9-4-3-8-20(22)27)12-21(28)24(23)33-15-16-6-5-7-19(26)11-16/h3-13H,2,15H2,1H3,(H,30,31)/b18-10+. The SMILES string of the molecule is CCOc1cc(/C=C(\C#N)C(=O)Nc2ccccc2Cl)cc(Cl)c1OCc1cccc(Cl)c1. The molecule has 0 aromatic heterocycles. The summed E-state index contributed by atoms with van der Waals surface area (Å²) in [5, 5.41) is 13.4. The zero-order valence-electron chi connectivity index (χ0n) is 17.6. The summed E-state index contributed by atoms with van der Waals surface area (Å²) in [7, 11) is 0. The normalized spacial score (nSPS) is 10.9. The second-order valence-electron chi connectivity index (χ2n) is 6.79. The van der Waals surface area contributed by atoms with Crippen molar-refractivity contribution in [2.24, 2.45) is 0 Å². The highest BCUT2D eigenvalue weighted by Crippen LogP contribution is 2.38. The van der Waals surface area contributed by atoms with Gasteiger partial charge in [-0.3, -0.25) is 4.79 Å². The fourth-order valence-electron chi connectivity index (χ4n) is 2.92. The molecule has 0 spiro atoms. The number of amides is 1. The van der Waals surface area contributed by atoms with Crippen molar-refractivity contribution in [3.8, 4) is 17.6 Å². The van der Waals surface area contributed by atoms with Crippen molar-refractivity contribution in [3.63, 3.8) is 0 Å². The molecule has 1 amide bonds. The van der Waals surface area contributed by atoms with Crippen LogP contribution in [0.3, 0.4) is 0 Å². The lowest BCUT2D eigenvalue weighted by Gasteiger charge is -2.15. The van der Waals surface area contributed by atoms with E-state index in [9.17, 15) is 10.1 Å². The Morgan fingerprint density at radius 3 is 2.52 bits per heavy atom. The van der Waals surface area contributed by atoms with Crippen LogP contribution in [0.5, 0.6) is 11.5 Å². The molecule has 0 saturated heterocycles. The third-order valence-corrected chi connectivity index (χ3v) is 5.25. The molecule has 1 N–H and O–H groups in total. The number of benzene rings is 3. The molecule has 0 saturated carbocycles. The lowest BCUT2D eigenvalue weighted by molar-refractivity contribution is -0.112. The number of para-hydroxylation sites is 1. The number of ether oxygens (including phenoxy) is 2. The number of rotatable bonds is 8. The van der Waals surface area contributed by atoms with Crippen molar-refractivity contribution in [2.45, 2.75) is 13.5 Å². The summed E-state index contributed by atoms with van der Waals surface area (Å²) in [5.41, 5.74) is 1.65. The van der Waals surface area contributed by atoms with Crippen molar-refractivity contribution in [1.29, 1.82) is 5.26 Å². The van der Waals surface area contributed by atoms with Crippen molar-refractivity contribution in [1.82, 2.24) is 0 Å². The summed E-state index contributed by atoms with van der Waals surface area (Å²) in [6.45, 7) is 2.43. The van der Waals surface area contributed by atoms with Gasteiger partial charge in [0.25, 0.3) is 5.91 Å². The van der Waals surface area contributed by atoms with Crippen LogP contribution >= 0.6 is 34.8 Å². The van der Waals surface area contributed by atoms with E-state index in [1.165, 1.54) is 6.08 Å². The van der Waals surface area contributed by atoms with Crippen LogP contribution < -0.4 is 14.8 Å². The van der Waals surface area contributed by atoms with Gasteiger partial charge in [-0.25, -0.2) is 0 Å². The van der Waals surface area contributed by atoms with Crippen LogP contribution in [0.1, 0.15) is 18.1 Å². The van der Waals surface area contributed by atoms with E-state index in [1.54, 1.807) is 48.5 Å². The van der Waals surface area contributed by atoms with Crippen LogP contribution in [0.2, 0.25) is 15.1 Å². The fraction of sp³-hybridized carbons (Fsp3) is 0.120. The van der Waals surface area contributed by atoms with Gasteiger partial charge in [0.15, 0.2) is 11.5 Å². The van der Waals surface area contributed by atoms with Gasteiger partial charge in [0.1, 0.15) is 18.2 Å². The molecule has 5 nitrogen and oxygen atoms in total. The van der Waals surface area contributed by atoms with Gasteiger partial charge in [-0.2, -0.15) is 5.26 Å². The third-order valence-electron chi connectivity index (χ3n) is 4.40. The highest BCUT2D eigenvalue weighted by Gasteiger charge is 2.15. The quantitative estimate of drug-likeness (QED) is 0.262. The van der Waals surface area contributed by atoms with Gasteiger partial charge >= 0.3 is 0 Å². The molecule has 8 heteroatoms. The molecular weight excluding hydrogens is 483 g/mol. The molecule has 33 heavy (non-hydrogen) atoms. The molecule has 0 aliphatic rings. The minimum absolute atomic E-state index is 0.124. The fourth-order valence-corrected chi connectivity index (χ4v) is 3.59. The third kappa shape index (κ3) is 6.66. The Kier molecular flexibility index (Phi) is 8.62. The summed E-state index contributed by atoms with van der Waals surface area (Å²) in [5.74, 6) is 0.151. The molecule has 0 bridgehead atoms. The molecular formula is C25H19Cl3N2O3. The maximum atomic E-state index is 12.6. The second-order valence-corrected chi connectivity index (χ2v) is 8.04. The predicted octanol–water partition coefficient (Wildman–Crippen LogP) is 7.17. The number of nitrogens with one attached hydrogen (secondary N) is 1. The Balaban J connectivity index is 1.86. The number of nitrogens with zero attached hydrogens (tertiary/aromatic N) is 1. The summed E-state index contributed by atoms with van der Waals surface area (Å²) in [6.07, 6.45) is 1.42. The topological polar surface area (TPSA) is 71.3 Å². The molecule has 0 fully saturated rings. The van der Waals surface area contributed by atoms with Gasteiger partial charge in [0.05, 0.1) is 22.3 Å². The summed E-state index contributed by atoms with van der Waals surface area (Å²) >= 11 is 18.6. The van der Waals surface area contributed by atoms with E-state index >= 15 is 0 Å². The van der Waals surface area contributed by atoms with Crippen molar-refractivity contribution in [2.75, 3.05) is 11.9 Å². The highest BCUT2D eigenvalue weighted by molar-refractivity contribution is 6.34. The molecule has 0 heterocycles. The number of hydrogen-bond acceptors (Lipinski definition) is 4. The Morgan fingerprint density at radius 1 is 1.03 bits per heavy atom. The number of nitriles is 1. The predicted molar refractivity (Wildman–Crippen MR) is 132 cm³/mol. The van der Waals surface area contributed by atoms with Crippen LogP contribution in [0.25, 0.3) is 6.08 Å². The molecule has 168 valence electrons. The lowest BCUT2D eigenvalue weighted by atomic mass is 10.1. The molecule has 0 unspecified atom stereocenters. The first-order valence-electron chi connectivity index (χ1n) is 9.92. The average molecular weight is 502 g/mol. The summed E-state index contributed by atoms with van der Waals surface area (Å²) < 4.78 is 11.6. The highest BCUT2D eigenvalue weighted by atomic mass is 35.5. The van der Waals surface area contributed by atoms with Gasteiger partial charge in [-0.05, 0) is 60.5 Å². The number of carbonyl (C=O) groups excluding carboxylic acids is 1. The Labute approximate surface area is 207 Å². The average Bonchev–Trinajstić information content (AvgIpc) is 2.78. The van der Waals surface area contributed by atoms with E-state index in [0.717, 1.165) is 5.56 Å². The van der Waals surface area contributed by atoms with E-state index in [2.05, 4.69) is 5.32 Å². The van der Waals surface area contributed by atoms with Crippen molar-refractivity contribution < 1.29 is 14.3 Å².